The van der Waals surface area contributed by atoms with E-state index in [0.717, 1.165) is 6.07 Å². The van der Waals surface area contributed by atoms with Crippen molar-refractivity contribution in [3.63, 3.8) is 0 Å². The molecule has 0 amide bonds. The molecule has 0 spiro atoms. The van der Waals surface area contributed by atoms with E-state index in [2.05, 4.69) is 9.97 Å². The average molecular weight is 336 g/mol. The lowest BCUT2D eigenvalue weighted by Gasteiger charge is -2.07. The Kier molecular flexibility index (Phi) is 4.33. The normalized spacial score (nSPS) is 11.4. The van der Waals surface area contributed by atoms with Crippen molar-refractivity contribution < 1.29 is 18.1 Å². The number of nitro benzene ring substituents is 1. The summed E-state index contributed by atoms with van der Waals surface area (Å²) < 4.78 is 37.8. The largest absolute Gasteiger partial charge is 0.451 e. The quantitative estimate of drug-likeness (QED) is 0.477. The molecule has 0 aliphatic heterocycles. The number of halogens is 4. The Morgan fingerprint density at radius 2 is 1.90 bits per heavy atom. The molecule has 1 aromatic heterocycles. The number of nitro groups is 1. The van der Waals surface area contributed by atoms with Crippen molar-refractivity contribution in [2.45, 2.75) is 16.1 Å². The van der Waals surface area contributed by atoms with Gasteiger partial charge in [-0.15, -0.1) is 0 Å². The number of hydrogen-bond donors (Lipinski definition) is 0. The zero-order valence-corrected chi connectivity index (χ0v) is 11.5. The molecule has 2 rings (SSSR count). The van der Waals surface area contributed by atoms with E-state index in [9.17, 15) is 23.3 Å². The van der Waals surface area contributed by atoms with Crippen LogP contribution in [0.3, 0.4) is 0 Å². The van der Waals surface area contributed by atoms with E-state index in [1.165, 1.54) is 24.3 Å². The van der Waals surface area contributed by atoms with Crippen LogP contribution in [0.15, 0.2) is 40.3 Å². The molecular formula is C11H5ClF3N3O2S. The van der Waals surface area contributed by atoms with Crippen LogP contribution in [0.5, 0.6) is 0 Å². The monoisotopic (exact) mass is 335 g/mol. The SMILES string of the molecule is O=[N+]([O-])c1ccccc1Sc1cc(Cl)nc(C(F)(F)F)n1. The fourth-order valence-corrected chi connectivity index (χ4v) is 2.55. The molecule has 2 aromatic rings. The molecule has 0 aliphatic carbocycles. The van der Waals surface area contributed by atoms with Gasteiger partial charge in [0.05, 0.1) is 9.82 Å². The Labute approximate surface area is 125 Å². The molecule has 21 heavy (non-hydrogen) atoms. The van der Waals surface area contributed by atoms with Crippen LogP contribution in [0, 0.1) is 10.1 Å². The summed E-state index contributed by atoms with van der Waals surface area (Å²) in [6.45, 7) is 0. The van der Waals surface area contributed by atoms with Crippen LogP contribution in [0.4, 0.5) is 18.9 Å². The van der Waals surface area contributed by atoms with Gasteiger partial charge in [-0.25, -0.2) is 9.97 Å². The Balaban J connectivity index is 2.41. The topological polar surface area (TPSA) is 68.9 Å². The van der Waals surface area contributed by atoms with Crippen molar-refractivity contribution in [2.75, 3.05) is 0 Å². The zero-order chi connectivity index (χ0) is 15.6. The van der Waals surface area contributed by atoms with Gasteiger partial charge in [-0.3, -0.25) is 10.1 Å². The number of benzene rings is 1. The van der Waals surface area contributed by atoms with E-state index < -0.39 is 22.1 Å². The van der Waals surface area contributed by atoms with E-state index in [1.54, 1.807) is 0 Å². The lowest BCUT2D eigenvalue weighted by Crippen LogP contribution is -2.11. The van der Waals surface area contributed by atoms with Crippen molar-refractivity contribution >= 4 is 29.1 Å². The molecule has 0 fully saturated rings. The third kappa shape index (κ3) is 3.82. The maximum atomic E-state index is 12.6. The number of nitrogens with zero attached hydrogens (tertiary/aromatic N) is 3. The van der Waals surface area contributed by atoms with E-state index in [4.69, 9.17) is 11.6 Å². The molecule has 10 heteroatoms. The van der Waals surface area contributed by atoms with E-state index in [1.807, 2.05) is 0 Å². The maximum Gasteiger partial charge on any atom is 0.451 e. The van der Waals surface area contributed by atoms with Gasteiger partial charge in [0.25, 0.3) is 5.69 Å². The maximum absolute atomic E-state index is 12.6. The number of alkyl halides is 3. The smallest absolute Gasteiger partial charge is 0.258 e. The van der Waals surface area contributed by atoms with E-state index in [0.29, 0.717) is 11.8 Å². The molecule has 0 aliphatic rings. The number of hydrogen-bond acceptors (Lipinski definition) is 5. The second-order valence-electron chi connectivity index (χ2n) is 3.68. The number of para-hydroxylation sites is 1. The van der Waals surface area contributed by atoms with Gasteiger partial charge in [0.15, 0.2) is 0 Å². The minimum absolute atomic E-state index is 0.128. The highest BCUT2D eigenvalue weighted by atomic mass is 35.5. The summed E-state index contributed by atoms with van der Waals surface area (Å²) in [6.07, 6.45) is -4.75. The zero-order valence-electron chi connectivity index (χ0n) is 9.96. The van der Waals surface area contributed by atoms with Crippen LogP contribution < -0.4 is 0 Å². The second kappa shape index (κ2) is 5.86. The van der Waals surface area contributed by atoms with Crippen molar-refractivity contribution in [1.29, 1.82) is 0 Å². The fourth-order valence-electron chi connectivity index (χ4n) is 1.38. The minimum Gasteiger partial charge on any atom is -0.258 e. The number of aromatic nitrogens is 2. The predicted molar refractivity (Wildman–Crippen MR) is 69.3 cm³/mol. The van der Waals surface area contributed by atoms with Gasteiger partial charge in [0.1, 0.15) is 10.2 Å². The Bertz CT molecular complexity index is 697. The van der Waals surface area contributed by atoms with Gasteiger partial charge >= 0.3 is 6.18 Å². The highest BCUT2D eigenvalue weighted by Crippen LogP contribution is 2.36. The number of rotatable bonds is 3. The van der Waals surface area contributed by atoms with Crippen LogP contribution in [0.25, 0.3) is 0 Å². The van der Waals surface area contributed by atoms with Crippen LogP contribution in [0.1, 0.15) is 5.82 Å². The molecule has 0 atom stereocenters. The van der Waals surface area contributed by atoms with E-state index >= 15 is 0 Å². The molecule has 1 aromatic carbocycles. The Hall–Kier alpha value is -1.87. The summed E-state index contributed by atoms with van der Waals surface area (Å²) in [7, 11) is 0. The molecule has 110 valence electrons. The van der Waals surface area contributed by atoms with Crippen LogP contribution in [-0.4, -0.2) is 14.9 Å². The first kappa shape index (κ1) is 15.5. The van der Waals surface area contributed by atoms with Gasteiger partial charge in [-0.2, -0.15) is 13.2 Å². The summed E-state index contributed by atoms with van der Waals surface area (Å²) in [5.74, 6) is -1.39. The van der Waals surface area contributed by atoms with Crippen molar-refractivity contribution in [1.82, 2.24) is 9.97 Å². The summed E-state index contributed by atoms with van der Waals surface area (Å²) >= 11 is 6.24. The average Bonchev–Trinajstić information content (AvgIpc) is 2.37. The lowest BCUT2D eigenvalue weighted by atomic mass is 10.3. The molecular weight excluding hydrogens is 331 g/mol. The molecule has 0 N–H and O–H groups in total. The van der Waals surface area contributed by atoms with Crippen molar-refractivity contribution in [3.8, 4) is 0 Å². The first-order chi connectivity index (χ1) is 9.77. The van der Waals surface area contributed by atoms with Crippen LogP contribution in [-0.2, 0) is 6.18 Å². The molecule has 0 saturated carbocycles. The lowest BCUT2D eigenvalue weighted by molar-refractivity contribution is -0.387. The third-order valence-corrected chi connectivity index (χ3v) is 3.38. The van der Waals surface area contributed by atoms with Gasteiger partial charge in [-0.1, -0.05) is 35.5 Å². The molecule has 1 heterocycles. The van der Waals surface area contributed by atoms with Gasteiger partial charge in [0, 0.05) is 12.1 Å². The first-order valence-electron chi connectivity index (χ1n) is 5.30. The molecule has 5 nitrogen and oxygen atoms in total. The van der Waals surface area contributed by atoms with Crippen molar-refractivity contribution in [2.24, 2.45) is 0 Å². The van der Waals surface area contributed by atoms with Crippen LogP contribution in [0.2, 0.25) is 5.15 Å². The van der Waals surface area contributed by atoms with Gasteiger partial charge in [-0.05, 0) is 6.07 Å². The van der Waals surface area contributed by atoms with Gasteiger partial charge in [0.2, 0.25) is 5.82 Å². The van der Waals surface area contributed by atoms with Crippen LogP contribution >= 0.6 is 23.4 Å². The molecule has 0 unspecified atom stereocenters. The summed E-state index contributed by atoms with van der Waals surface area (Å²) in [5.41, 5.74) is -0.231. The highest BCUT2D eigenvalue weighted by molar-refractivity contribution is 7.99. The first-order valence-corrected chi connectivity index (χ1v) is 6.50. The summed E-state index contributed by atoms with van der Waals surface area (Å²) in [5, 5.41) is 10.3. The Morgan fingerprint density at radius 1 is 1.24 bits per heavy atom. The van der Waals surface area contributed by atoms with Crippen molar-refractivity contribution in [3.05, 3.63) is 51.4 Å². The molecule has 0 saturated heterocycles. The summed E-state index contributed by atoms with van der Waals surface area (Å²) in [4.78, 5) is 16.8. The molecule has 0 radical (unpaired) electrons. The second-order valence-corrected chi connectivity index (χ2v) is 5.13. The van der Waals surface area contributed by atoms with Gasteiger partial charge < -0.3 is 0 Å². The third-order valence-electron chi connectivity index (χ3n) is 2.20. The Morgan fingerprint density at radius 3 is 2.52 bits per heavy atom. The standard InChI is InChI=1S/C11H5ClF3N3O2S/c12-8-5-9(17-10(16-8)11(13,14)15)21-7-4-2-1-3-6(7)18(19)20/h1-5H. The minimum atomic E-state index is -4.75. The predicted octanol–water partition coefficient (Wildman–Crippen LogP) is 4.21. The van der Waals surface area contributed by atoms with E-state index in [-0.39, 0.29) is 15.6 Å². The summed E-state index contributed by atoms with van der Waals surface area (Å²) in [6, 6.07) is 6.75. The fraction of sp³-hybridized carbons (Fsp3) is 0.0909. The highest BCUT2D eigenvalue weighted by Gasteiger charge is 2.35. The molecule has 0 bridgehead atoms.